The van der Waals surface area contributed by atoms with Gasteiger partial charge in [0.2, 0.25) is 11.9 Å². The number of fused-ring (bicyclic) bond motifs is 1. The largest absolute Gasteiger partial charge is 0.495 e. The number of hydrogen-bond donors (Lipinski definition) is 2. The Morgan fingerprint density at radius 3 is 2.78 bits per heavy atom. The molecule has 192 valence electrons. The number of halogens is 1. The van der Waals surface area contributed by atoms with Crippen LogP contribution in [0.1, 0.15) is 0 Å². The molecular formula is C26H28ClN7O2S. The summed E-state index contributed by atoms with van der Waals surface area (Å²) >= 11 is 7.23. The van der Waals surface area contributed by atoms with E-state index < -0.39 is 0 Å². The molecule has 0 aliphatic carbocycles. The topological polar surface area (TPSA) is 97.2 Å². The zero-order valence-electron chi connectivity index (χ0n) is 21.0. The smallest absolute Gasteiger partial charge is 0.249 e. The molecule has 37 heavy (non-hydrogen) atoms. The number of carbonyl (C=O) groups excluding carboxylic acids is 1. The Bertz CT molecular complexity index is 1440. The molecule has 9 nitrogen and oxygen atoms in total. The second-order valence-electron chi connectivity index (χ2n) is 8.36. The average Bonchev–Trinajstić information content (AvgIpc) is 3.21. The Morgan fingerprint density at radius 2 is 2.03 bits per heavy atom. The number of nitrogens with zero attached hydrogens (tertiary/aromatic N) is 5. The molecule has 11 heteroatoms. The molecule has 0 aliphatic heterocycles. The summed E-state index contributed by atoms with van der Waals surface area (Å²) in [5.74, 6) is 1.48. The maximum Gasteiger partial charge on any atom is 0.249 e. The standard InChI is InChI=1S/C26H28ClN7O2S/c1-33(2)13-14-37-23-16-22(36-4)20(15-21(23)29-24(35)9-11-27)31-26-28-12-10-19(30-26)25-17-7-5-6-8-18(17)32-34(25)3/h5-12,15-16H,13-14H2,1-4H3,(H,29,35)(H,28,30,31)/b11-9+. The monoisotopic (exact) mass is 537 g/mol. The van der Waals surface area contributed by atoms with Crippen LogP contribution in [-0.2, 0) is 11.8 Å². The molecule has 0 saturated heterocycles. The van der Waals surface area contributed by atoms with E-state index in [-0.39, 0.29) is 5.91 Å². The third kappa shape index (κ3) is 6.40. The van der Waals surface area contributed by atoms with Crippen molar-refractivity contribution >= 4 is 57.5 Å². The average molecular weight is 538 g/mol. The van der Waals surface area contributed by atoms with Crippen molar-refractivity contribution in [1.82, 2.24) is 24.6 Å². The molecule has 2 aromatic heterocycles. The third-order valence-corrected chi connectivity index (χ3v) is 6.62. The third-order valence-electron chi connectivity index (χ3n) is 5.46. The van der Waals surface area contributed by atoms with E-state index in [4.69, 9.17) is 21.3 Å². The second kappa shape index (κ2) is 12.1. The normalized spacial score (nSPS) is 11.4. The van der Waals surface area contributed by atoms with Gasteiger partial charge in [-0.25, -0.2) is 9.97 Å². The Hall–Kier alpha value is -3.60. The molecule has 0 bridgehead atoms. The fraction of sp³-hybridized carbons (Fsp3) is 0.231. The van der Waals surface area contributed by atoms with Crippen LogP contribution in [0.15, 0.2) is 65.2 Å². The van der Waals surface area contributed by atoms with Gasteiger partial charge in [0.15, 0.2) is 0 Å². The minimum absolute atomic E-state index is 0.332. The van der Waals surface area contributed by atoms with Gasteiger partial charge >= 0.3 is 0 Å². The van der Waals surface area contributed by atoms with Crippen molar-refractivity contribution in [2.75, 3.05) is 44.1 Å². The minimum atomic E-state index is -0.332. The lowest BCUT2D eigenvalue weighted by Crippen LogP contribution is -2.15. The SMILES string of the molecule is COc1cc(SCCN(C)C)c(NC(=O)/C=C/Cl)cc1Nc1nccc(-c2c3ccccc3nn2C)n1. The number of aryl methyl sites for hydroxylation is 1. The van der Waals surface area contributed by atoms with Crippen molar-refractivity contribution in [1.29, 1.82) is 0 Å². The lowest BCUT2D eigenvalue weighted by Gasteiger charge is -2.17. The van der Waals surface area contributed by atoms with Crippen LogP contribution >= 0.6 is 23.4 Å². The van der Waals surface area contributed by atoms with Crippen molar-refractivity contribution in [2.45, 2.75) is 4.90 Å². The Labute approximate surface area is 224 Å². The van der Waals surface area contributed by atoms with Gasteiger partial charge in [0.25, 0.3) is 0 Å². The van der Waals surface area contributed by atoms with Crippen LogP contribution in [0.2, 0.25) is 0 Å². The van der Waals surface area contributed by atoms with Crippen LogP contribution < -0.4 is 15.4 Å². The zero-order chi connectivity index (χ0) is 26.4. The molecule has 0 unspecified atom stereocenters. The highest BCUT2D eigenvalue weighted by Gasteiger charge is 2.16. The van der Waals surface area contributed by atoms with Gasteiger partial charge < -0.3 is 20.3 Å². The summed E-state index contributed by atoms with van der Waals surface area (Å²) in [6.45, 7) is 0.880. The molecule has 2 N–H and O–H groups in total. The van der Waals surface area contributed by atoms with E-state index in [1.807, 2.05) is 68.3 Å². The number of anilines is 3. The van der Waals surface area contributed by atoms with Gasteiger partial charge in [-0.1, -0.05) is 29.8 Å². The van der Waals surface area contributed by atoms with E-state index in [1.54, 1.807) is 25.1 Å². The van der Waals surface area contributed by atoms with Gasteiger partial charge in [-0.15, -0.1) is 11.8 Å². The number of rotatable bonds is 10. The van der Waals surface area contributed by atoms with Crippen LogP contribution in [0.3, 0.4) is 0 Å². The predicted octanol–water partition coefficient (Wildman–Crippen LogP) is 5.13. The maximum absolute atomic E-state index is 12.3. The van der Waals surface area contributed by atoms with Crippen LogP contribution in [-0.4, -0.2) is 64.1 Å². The van der Waals surface area contributed by atoms with E-state index in [9.17, 15) is 4.79 Å². The van der Waals surface area contributed by atoms with Gasteiger partial charge in [0.05, 0.1) is 35.4 Å². The summed E-state index contributed by atoms with van der Waals surface area (Å²) in [7, 11) is 7.53. The van der Waals surface area contributed by atoms with E-state index in [1.165, 1.54) is 11.6 Å². The summed E-state index contributed by atoms with van der Waals surface area (Å²) in [6.07, 6.45) is 2.95. The van der Waals surface area contributed by atoms with Crippen molar-refractivity contribution in [3.63, 3.8) is 0 Å². The first-order chi connectivity index (χ1) is 17.9. The van der Waals surface area contributed by atoms with Gasteiger partial charge in [-0.05, 0) is 38.4 Å². The molecule has 0 fully saturated rings. The summed E-state index contributed by atoms with van der Waals surface area (Å²) in [5.41, 5.74) is 4.92. The summed E-state index contributed by atoms with van der Waals surface area (Å²) < 4.78 is 7.48. The van der Waals surface area contributed by atoms with Crippen LogP contribution in [0.4, 0.5) is 17.3 Å². The van der Waals surface area contributed by atoms with Crippen LogP contribution in [0, 0.1) is 0 Å². The molecule has 0 atom stereocenters. The Balaban J connectivity index is 1.69. The first-order valence-corrected chi connectivity index (χ1v) is 12.9. The van der Waals surface area contributed by atoms with E-state index in [0.29, 0.717) is 23.1 Å². The molecule has 4 rings (SSSR count). The van der Waals surface area contributed by atoms with Crippen molar-refractivity contribution in [3.05, 3.63) is 60.3 Å². The lowest BCUT2D eigenvalue weighted by atomic mass is 10.1. The first kappa shape index (κ1) is 26.5. The second-order valence-corrected chi connectivity index (χ2v) is 9.75. The number of hydrogen-bond acceptors (Lipinski definition) is 8. The van der Waals surface area contributed by atoms with Gasteiger partial charge in [-0.3, -0.25) is 9.48 Å². The molecule has 2 heterocycles. The number of ether oxygens (including phenoxy) is 1. The number of amides is 1. The van der Waals surface area contributed by atoms with E-state index in [0.717, 1.165) is 39.5 Å². The number of nitrogens with one attached hydrogen (secondary N) is 2. The number of carbonyl (C=O) groups is 1. The first-order valence-electron chi connectivity index (χ1n) is 11.5. The van der Waals surface area contributed by atoms with Crippen LogP contribution in [0.5, 0.6) is 5.75 Å². The minimum Gasteiger partial charge on any atom is -0.495 e. The summed E-state index contributed by atoms with van der Waals surface area (Å²) in [4.78, 5) is 24.4. The highest BCUT2D eigenvalue weighted by Crippen LogP contribution is 2.38. The van der Waals surface area contributed by atoms with Crippen molar-refractivity contribution < 1.29 is 9.53 Å². The van der Waals surface area contributed by atoms with Gasteiger partial charge in [0.1, 0.15) is 5.75 Å². The number of methoxy groups -OCH3 is 1. The molecule has 0 spiro atoms. The summed E-state index contributed by atoms with van der Waals surface area (Å²) in [6, 6.07) is 13.5. The number of benzene rings is 2. The maximum atomic E-state index is 12.3. The fourth-order valence-corrected chi connectivity index (χ4v) is 4.98. The Kier molecular flexibility index (Phi) is 8.65. The van der Waals surface area contributed by atoms with E-state index >= 15 is 0 Å². The highest BCUT2D eigenvalue weighted by atomic mass is 35.5. The molecule has 1 amide bonds. The summed E-state index contributed by atoms with van der Waals surface area (Å²) in [5, 5.41) is 11.7. The molecule has 0 saturated carbocycles. The fourth-order valence-electron chi connectivity index (χ4n) is 3.74. The quantitative estimate of drug-likeness (QED) is 0.212. The number of thioether (sulfide) groups is 1. The molecule has 0 aliphatic rings. The number of aromatic nitrogens is 4. The molecule has 4 aromatic rings. The van der Waals surface area contributed by atoms with Gasteiger partial charge in [-0.2, -0.15) is 5.10 Å². The highest BCUT2D eigenvalue weighted by molar-refractivity contribution is 7.99. The Morgan fingerprint density at radius 1 is 1.22 bits per heavy atom. The van der Waals surface area contributed by atoms with Crippen LogP contribution in [0.25, 0.3) is 22.3 Å². The molecule has 2 aromatic carbocycles. The predicted molar refractivity (Wildman–Crippen MR) is 151 cm³/mol. The molecule has 0 radical (unpaired) electrons. The van der Waals surface area contributed by atoms with Gasteiger partial charge in [0, 0.05) is 47.4 Å². The zero-order valence-corrected chi connectivity index (χ0v) is 22.6. The lowest BCUT2D eigenvalue weighted by molar-refractivity contribution is -0.111. The van der Waals surface area contributed by atoms with E-state index in [2.05, 4.69) is 25.6 Å². The molecular weight excluding hydrogens is 510 g/mol. The van der Waals surface area contributed by atoms with Crippen molar-refractivity contribution in [3.8, 4) is 17.1 Å². The van der Waals surface area contributed by atoms with Crippen molar-refractivity contribution in [2.24, 2.45) is 7.05 Å².